The fourth-order valence-electron chi connectivity index (χ4n) is 0. The average Bonchev–Trinajstić information content (AvgIpc) is 1.25. The molecule has 0 saturated carbocycles. The first-order chi connectivity index (χ1) is 3.46. The largest absolute Gasteiger partial charge is 4.00 e. The molecule has 11 heavy (non-hydrogen) atoms. The molecule has 0 heterocycles. The molecule has 3 heteroatoms. The minimum absolute atomic E-state index is 0. The number of rotatable bonds is 0. The molecule has 0 aromatic heterocycles. The Morgan fingerprint density at radius 2 is 0.727 bits per heavy atom. The molecule has 0 aromatic carbocycles. The van der Waals surface area contributed by atoms with Crippen LogP contribution in [0.4, 0.5) is 0 Å². The van der Waals surface area contributed by atoms with Crippen molar-refractivity contribution in [2.45, 2.75) is 27.7 Å². The average molecular weight is 327 g/mol. The molecule has 0 fully saturated rings. The molecule has 0 saturated heterocycles. The molecule has 0 bridgehead atoms. The minimum Gasteiger partial charge on any atom is -0.870 e. The zero-order valence-corrected chi connectivity index (χ0v) is 11.6. The summed E-state index contributed by atoms with van der Waals surface area (Å²) in [7, 11) is 0. The Hall–Kier alpha value is 0.790. The van der Waals surface area contributed by atoms with Crippen LogP contribution in [0.15, 0.2) is 0 Å². The van der Waals surface area contributed by atoms with Crippen molar-refractivity contribution in [3.05, 3.63) is 13.8 Å². The monoisotopic (exact) mass is 328 g/mol. The number of hydrogen-bond acceptors (Lipinski definition) is 2. The van der Waals surface area contributed by atoms with Gasteiger partial charge in [-0.05, 0) is 0 Å². The van der Waals surface area contributed by atoms with Crippen molar-refractivity contribution in [2.75, 3.05) is 0 Å². The van der Waals surface area contributed by atoms with Crippen molar-refractivity contribution in [1.29, 1.82) is 0 Å². The molecule has 0 spiro atoms. The van der Waals surface area contributed by atoms with Gasteiger partial charge in [0.05, 0.1) is 0 Å². The Morgan fingerprint density at radius 1 is 0.727 bits per heavy atom. The smallest absolute Gasteiger partial charge is 0.870 e. The van der Waals surface area contributed by atoms with Gasteiger partial charge in [-0.15, -0.1) is 0 Å². The Bertz CT molecular complexity index is 27.6. The van der Waals surface area contributed by atoms with Crippen molar-refractivity contribution < 1.29 is 36.8 Å². The first-order valence-corrected chi connectivity index (χ1v) is 3.13. The van der Waals surface area contributed by atoms with Gasteiger partial charge in [-0.2, -0.15) is 11.8 Å². The van der Waals surface area contributed by atoms with Gasteiger partial charge in [0.2, 0.25) is 0 Å². The maximum atomic E-state index is 3.64. The Balaban J connectivity index is -0.0000000171. The Kier molecular flexibility index (Phi) is 60.7. The summed E-state index contributed by atoms with van der Waals surface area (Å²) >= 11 is 0. The van der Waals surface area contributed by atoms with Crippen LogP contribution in [0, 0.1) is 25.7 Å². The Labute approximate surface area is 90.2 Å². The zero-order chi connectivity index (χ0) is 7.15. The fraction of sp³-hybridized carbons (Fsp3) is 0.750. The van der Waals surface area contributed by atoms with E-state index in [4.69, 9.17) is 0 Å². The van der Waals surface area contributed by atoms with Crippen LogP contribution in [0.3, 0.4) is 0 Å². The van der Waals surface area contributed by atoms with E-state index in [1.165, 1.54) is 0 Å². The normalized spacial score (nSPS) is 6.55. The zero-order valence-electron chi connectivity index (χ0n) is 7.96. The van der Waals surface area contributed by atoms with Crippen molar-refractivity contribution in [3.63, 3.8) is 0 Å². The standard InChI is InChI=1S/2C4H9.Hf.2H2O/c2*1-4(2)3;;;/h2*4H,1H2,2-3H3;;2*1H2/q2*-1;+4;;/p-2. The van der Waals surface area contributed by atoms with Crippen LogP contribution < -0.4 is 0 Å². The van der Waals surface area contributed by atoms with E-state index >= 15 is 0 Å². The topological polar surface area (TPSA) is 60.0 Å². The maximum absolute atomic E-state index is 3.64. The predicted octanol–water partition coefficient (Wildman–Crippen LogP) is 2.60. The van der Waals surface area contributed by atoms with E-state index < -0.39 is 0 Å². The van der Waals surface area contributed by atoms with Crippen LogP contribution >= 0.6 is 0 Å². The van der Waals surface area contributed by atoms with E-state index in [0.717, 1.165) is 0 Å². The SMILES string of the molecule is [CH2-]C(C)C.[CH2-]C(C)C.[Hf+4].[OH-].[OH-]. The molecular weight excluding hydrogens is 307 g/mol. The molecule has 2 nitrogen and oxygen atoms in total. The fourth-order valence-corrected chi connectivity index (χ4v) is 0. The molecule has 0 amide bonds. The van der Waals surface area contributed by atoms with Gasteiger partial charge in [-0.25, -0.2) is 0 Å². The molecule has 0 aliphatic heterocycles. The van der Waals surface area contributed by atoms with Crippen molar-refractivity contribution in [3.8, 4) is 0 Å². The van der Waals surface area contributed by atoms with Gasteiger partial charge < -0.3 is 24.8 Å². The summed E-state index contributed by atoms with van der Waals surface area (Å²) in [5.74, 6) is 1.17. The molecule has 68 valence electrons. The molecule has 0 unspecified atom stereocenters. The van der Waals surface area contributed by atoms with Crippen LogP contribution in [0.5, 0.6) is 0 Å². The first-order valence-electron chi connectivity index (χ1n) is 3.13. The molecule has 0 aliphatic carbocycles. The van der Waals surface area contributed by atoms with Crippen molar-refractivity contribution in [2.24, 2.45) is 11.8 Å². The quantitative estimate of drug-likeness (QED) is 0.507. The third-order valence-electron chi connectivity index (χ3n) is 0. The van der Waals surface area contributed by atoms with Crippen LogP contribution in [-0.4, -0.2) is 11.0 Å². The second-order valence-electron chi connectivity index (χ2n) is 2.79. The Morgan fingerprint density at radius 3 is 0.727 bits per heavy atom. The van der Waals surface area contributed by atoms with E-state index in [9.17, 15) is 0 Å². The second-order valence-corrected chi connectivity index (χ2v) is 2.79. The van der Waals surface area contributed by atoms with E-state index in [0.29, 0.717) is 11.8 Å². The van der Waals surface area contributed by atoms with Crippen LogP contribution in [0.1, 0.15) is 27.7 Å². The van der Waals surface area contributed by atoms with Crippen LogP contribution in [0.2, 0.25) is 0 Å². The third-order valence-corrected chi connectivity index (χ3v) is 0. The summed E-state index contributed by atoms with van der Waals surface area (Å²) < 4.78 is 0. The summed E-state index contributed by atoms with van der Waals surface area (Å²) in [6, 6.07) is 0. The summed E-state index contributed by atoms with van der Waals surface area (Å²) in [5, 5.41) is 0. The summed E-state index contributed by atoms with van der Waals surface area (Å²) in [5.41, 5.74) is 0. The third kappa shape index (κ3) is 1340. The van der Waals surface area contributed by atoms with Gasteiger partial charge >= 0.3 is 25.8 Å². The first kappa shape index (κ1) is 29.8. The van der Waals surface area contributed by atoms with E-state index in [-0.39, 0.29) is 36.8 Å². The van der Waals surface area contributed by atoms with E-state index in [1.807, 2.05) is 0 Å². The van der Waals surface area contributed by atoms with E-state index in [2.05, 4.69) is 41.5 Å². The van der Waals surface area contributed by atoms with E-state index in [1.54, 1.807) is 0 Å². The molecule has 2 N–H and O–H groups in total. The summed E-state index contributed by atoms with van der Waals surface area (Å²) in [4.78, 5) is 0. The van der Waals surface area contributed by atoms with Gasteiger partial charge in [0, 0.05) is 0 Å². The molecule has 0 aromatic rings. The van der Waals surface area contributed by atoms with Crippen molar-refractivity contribution >= 4 is 0 Å². The predicted molar refractivity (Wildman–Crippen MR) is 44.3 cm³/mol. The molecule has 0 atom stereocenters. The molecular formula is C8H20HfO2. The van der Waals surface area contributed by atoms with Gasteiger partial charge in [0.1, 0.15) is 0 Å². The van der Waals surface area contributed by atoms with Gasteiger partial charge in [-0.1, -0.05) is 27.7 Å². The van der Waals surface area contributed by atoms with Gasteiger partial charge in [0.15, 0.2) is 0 Å². The molecule has 0 aliphatic rings. The van der Waals surface area contributed by atoms with Gasteiger partial charge in [-0.3, -0.25) is 0 Å². The summed E-state index contributed by atoms with van der Waals surface area (Å²) in [6.45, 7) is 15.5. The van der Waals surface area contributed by atoms with Crippen LogP contribution in [0.25, 0.3) is 0 Å². The minimum atomic E-state index is 0. The second kappa shape index (κ2) is 22.4. The maximum Gasteiger partial charge on any atom is 4.00 e. The number of hydrogen-bond donors (Lipinski definition) is 0. The van der Waals surface area contributed by atoms with Gasteiger partial charge in [0.25, 0.3) is 0 Å². The summed E-state index contributed by atoms with van der Waals surface area (Å²) in [6.07, 6.45) is 0. The molecule has 0 radical (unpaired) electrons. The molecule has 0 rings (SSSR count). The van der Waals surface area contributed by atoms with Crippen LogP contribution in [-0.2, 0) is 25.8 Å². The van der Waals surface area contributed by atoms with Crippen molar-refractivity contribution in [1.82, 2.24) is 0 Å².